The van der Waals surface area contributed by atoms with Crippen LogP contribution < -0.4 is 10.1 Å². The first-order chi connectivity index (χ1) is 17.2. The molecule has 1 N–H and O–H groups in total. The van der Waals surface area contributed by atoms with Gasteiger partial charge in [-0.3, -0.25) is 4.90 Å². The highest BCUT2D eigenvalue weighted by atomic mass is 16.5. The van der Waals surface area contributed by atoms with Crippen LogP contribution in [0.3, 0.4) is 0 Å². The van der Waals surface area contributed by atoms with Crippen molar-refractivity contribution in [2.75, 3.05) is 38.6 Å². The number of hydrogen-bond acceptors (Lipinski definition) is 4. The predicted octanol–water partition coefficient (Wildman–Crippen LogP) is 4.59. The van der Waals surface area contributed by atoms with Gasteiger partial charge in [-0.2, -0.15) is 0 Å². The zero-order valence-electron chi connectivity index (χ0n) is 20.0. The van der Waals surface area contributed by atoms with E-state index in [1.807, 2.05) is 47.4 Å². The lowest BCUT2D eigenvalue weighted by Gasteiger charge is -2.51. The van der Waals surface area contributed by atoms with Crippen LogP contribution in [-0.2, 0) is 0 Å². The van der Waals surface area contributed by atoms with Crippen LogP contribution in [0, 0.1) is 11.8 Å². The van der Waals surface area contributed by atoms with Gasteiger partial charge in [0.05, 0.1) is 7.11 Å². The van der Waals surface area contributed by atoms with Crippen molar-refractivity contribution in [3.05, 3.63) is 89.7 Å². The fraction of sp³-hybridized carbons (Fsp3) is 0.310. The number of carbonyl (C=O) groups excluding carboxylic acids is 1. The lowest BCUT2D eigenvalue weighted by atomic mass is 9.81. The van der Waals surface area contributed by atoms with E-state index in [-0.39, 0.29) is 6.03 Å². The zero-order chi connectivity index (χ0) is 24.0. The minimum absolute atomic E-state index is 0.0391. The van der Waals surface area contributed by atoms with Crippen LogP contribution in [0.1, 0.15) is 35.6 Å². The van der Waals surface area contributed by atoms with E-state index < -0.39 is 0 Å². The summed E-state index contributed by atoms with van der Waals surface area (Å²) in [6.07, 6.45) is 3.89. The number of urea groups is 1. The van der Waals surface area contributed by atoms with E-state index in [1.165, 1.54) is 5.56 Å². The van der Waals surface area contributed by atoms with Gasteiger partial charge >= 0.3 is 6.03 Å². The van der Waals surface area contributed by atoms with Crippen molar-refractivity contribution in [3.8, 4) is 17.6 Å². The molecule has 0 aliphatic carbocycles. The molecule has 3 aromatic rings. The minimum atomic E-state index is -0.0391. The van der Waals surface area contributed by atoms with E-state index in [0.29, 0.717) is 12.0 Å². The van der Waals surface area contributed by atoms with Crippen molar-refractivity contribution >= 4 is 11.7 Å². The second kappa shape index (κ2) is 10.6. The summed E-state index contributed by atoms with van der Waals surface area (Å²) in [5.41, 5.74) is 3.84. The average Bonchev–Trinajstić information content (AvgIpc) is 2.88. The highest BCUT2D eigenvalue weighted by molar-refractivity contribution is 5.89. The summed E-state index contributed by atoms with van der Waals surface area (Å²) in [5, 5.41) is 3.05. The molecular weight excluding hydrogens is 436 g/mol. The number of methoxy groups -OCH3 is 1. The van der Waals surface area contributed by atoms with Gasteiger partial charge in [0, 0.05) is 49.0 Å². The van der Waals surface area contributed by atoms with Crippen LogP contribution >= 0.6 is 0 Å². The lowest BCUT2D eigenvalue weighted by molar-refractivity contribution is 0.0272. The molecule has 0 spiro atoms. The molecule has 0 bridgehead atoms. The van der Waals surface area contributed by atoms with Crippen LogP contribution in [0.4, 0.5) is 10.5 Å². The summed E-state index contributed by atoms with van der Waals surface area (Å²) >= 11 is 0. The Labute approximate surface area is 206 Å². The number of ether oxygens (including phenoxy) is 1. The number of nitrogens with one attached hydrogen (secondary N) is 1. The van der Waals surface area contributed by atoms with Crippen molar-refractivity contribution in [1.82, 2.24) is 14.8 Å². The van der Waals surface area contributed by atoms with E-state index in [2.05, 4.69) is 51.3 Å². The average molecular weight is 467 g/mol. The Balaban J connectivity index is 1.24. The van der Waals surface area contributed by atoms with Crippen molar-refractivity contribution < 1.29 is 9.53 Å². The van der Waals surface area contributed by atoms with Gasteiger partial charge in [-0.1, -0.05) is 24.1 Å². The van der Waals surface area contributed by atoms with Gasteiger partial charge in [-0.15, -0.1) is 0 Å². The van der Waals surface area contributed by atoms with E-state index in [0.717, 1.165) is 61.7 Å². The normalized spacial score (nSPS) is 19.7. The summed E-state index contributed by atoms with van der Waals surface area (Å²) in [7, 11) is 1.64. The molecule has 2 saturated heterocycles. The van der Waals surface area contributed by atoms with Gasteiger partial charge in [0.1, 0.15) is 11.4 Å². The quantitative estimate of drug-likeness (QED) is 0.574. The predicted molar refractivity (Wildman–Crippen MR) is 138 cm³/mol. The number of aromatic nitrogens is 1. The molecule has 35 heavy (non-hydrogen) atoms. The molecule has 0 saturated carbocycles. The summed E-state index contributed by atoms with van der Waals surface area (Å²) in [4.78, 5) is 21.8. The Bertz CT molecular complexity index is 1200. The summed E-state index contributed by atoms with van der Waals surface area (Å²) in [6.45, 7) is 3.65. The third-order valence-corrected chi connectivity index (χ3v) is 6.86. The number of rotatable bonds is 3. The molecule has 5 rings (SSSR count). The molecule has 2 unspecified atom stereocenters. The van der Waals surface area contributed by atoms with Crippen molar-refractivity contribution in [2.24, 2.45) is 0 Å². The Hall–Kier alpha value is -3.82. The summed E-state index contributed by atoms with van der Waals surface area (Å²) in [6, 6.07) is 22.1. The summed E-state index contributed by atoms with van der Waals surface area (Å²) in [5.74, 6) is 7.51. The fourth-order valence-electron chi connectivity index (χ4n) is 4.84. The standard InChI is InChI=1S/C29H30N4O2/c1-35-26-15-13-25(14-16-26)31-29(34)33-19-5-4-18-32-20-27(28(32)21-33)23-10-7-22(8-11-23)9-12-24-6-2-3-17-30-24/h2-3,6-8,10-11,13-17,27-28H,4-5,18-21H2,1H3,(H,31,34). The molecule has 2 amide bonds. The van der Waals surface area contributed by atoms with Crippen LogP contribution in [-0.4, -0.2) is 60.1 Å². The van der Waals surface area contributed by atoms with Crippen molar-refractivity contribution in [2.45, 2.75) is 24.8 Å². The molecule has 2 atom stereocenters. The molecule has 2 aliphatic heterocycles. The number of benzene rings is 2. The molecular formula is C29H30N4O2. The third kappa shape index (κ3) is 5.47. The van der Waals surface area contributed by atoms with Crippen LogP contribution in [0.2, 0.25) is 0 Å². The van der Waals surface area contributed by atoms with Gasteiger partial charge < -0.3 is 15.0 Å². The first kappa shape index (κ1) is 22.9. The Morgan fingerprint density at radius 2 is 1.77 bits per heavy atom. The van der Waals surface area contributed by atoms with Gasteiger partial charge in [0.25, 0.3) is 0 Å². The molecule has 3 heterocycles. The first-order valence-corrected chi connectivity index (χ1v) is 12.2. The molecule has 1 aromatic heterocycles. The van der Waals surface area contributed by atoms with Gasteiger partial charge in [0.2, 0.25) is 0 Å². The van der Waals surface area contributed by atoms with Crippen molar-refractivity contribution in [3.63, 3.8) is 0 Å². The molecule has 0 radical (unpaired) electrons. The number of anilines is 1. The third-order valence-electron chi connectivity index (χ3n) is 6.86. The number of hydrogen-bond donors (Lipinski definition) is 1. The Morgan fingerprint density at radius 3 is 2.51 bits per heavy atom. The second-order valence-corrected chi connectivity index (χ2v) is 9.07. The molecule has 2 aromatic carbocycles. The maximum Gasteiger partial charge on any atom is 0.321 e. The molecule has 6 heteroatoms. The van der Waals surface area contributed by atoms with Crippen LogP contribution in [0.25, 0.3) is 0 Å². The SMILES string of the molecule is COc1ccc(NC(=O)N2CCCCN3CC(c4ccc(C#Cc5ccccn5)cc4)C3C2)cc1. The molecule has 2 aliphatic rings. The maximum absolute atomic E-state index is 13.1. The fourth-order valence-corrected chi connectivity index (χ4v) is 4.84. The number of pyridine rings is 1. The van der Waals surface area contributed by atoms with E-state index >= 15 is 0 Å². The maximum atomic E-state index is 13.1. The monoisotopic (exact) mass is 466 g/mol. The van der Waals surface area contributed by atoms with Gasteiger partial charge in [-0.05, 0) is 79.4 Å². The number of nitrogens with zero attached hydrogens (tertiary/aromatic N) is 3. The number of fused-ring (bicyclic) bond motifs is 1. The second-order valence-electron chi connectivity index (χ2n) is 9.07. The highest BCUT2D eigenvalue weighted by Crippen LogP contribution is 2.36. The Morgan fingerprint density at radius 1 is 0.971 bits per heavy atom. The van der Waals surface area contributed by atoms with E-state index in [4.69, 9.17) is 4.74 Å². The van der Waals surface area contributed by atoms with E-state index in [1.54, 1.807) is 13.3 Å². The molecule has 178 valence electrons. The van der Waals surface area contributed by atoms with Crippen molar-refractivity contribution in [1.29, 1.82) is 0 Å². The number of carbonyl (C=O) groups is 1. The summed E-state index contributed by atoms with van der Waals surface area (Å²) < 4.78 is 5.21. The minimum Gasteiger partial charge on any atom is -0.497 e. The van der Waals surface area contributed by atoms with Crippen LogP contribution in [0.5, 0.6) is 5.75 Å². The Kier molecular flexibility index (Phi) is 6.97. The zero-order valence-corrected chi connectivity index (χ0v) is 20.0. The first-order valence-electron chi connectivity index (χ1n) is 12.2. The van der Waals surface area contributed by atoms with Gasteiger partial charge in [-0.25, -0.2) is 9.78 Å². The van der Waals surface area contributed by atoms with Gasteiger partial charge in [0.15, 0.2) is 0 Å². The lowest BCUT2D eigenvalue weighted by Crippen LogP contribution is -2.61. The highest BCUT2D eigenvalue weighted by Gasteiger charge is 2.41. The topological polar surface area (TPSA) is 57.7 Å². The smallest absolute Gasteiger partial charge is 0.321 e. The number of amides is 2. The largest absolute Gasteiger partial charge is 0.497 e. The molecule has 6 nitrogen and oxygen atoms in total. The van der Waals surface area contributed by atoms with E-state index in [9.17, 15) is 4.79 Å². The van der Waals surface area contributed by atoms with Crippen LogP contribution in [0.15, 0.2) is 72.9 Å². The molecule has 2 fully saturated rings.